The predicted octanol–water partition coefficient (Wildman–Crippen LogP) is -7.19. The summed E-state index contributed by atoms with van der Waals surface area (Å²) in [6.07, 6.45) is 4.88. The van der Waals surface area contributed by atoms with Gasteiger partial charge in [-0.2, -0.15) is 0 Å². The molecule has 0 N–H and O–H groups in total. The van der Waals surface area contributed by atoms with E-state index in [0.29, 0.717) is 48.9 Å². The number of benzene rings is 2. The van der Waals surface area contributed by atoms with E-state index >= 15 is 0 Å². The molecule has 0 heterocycles. The van der Waals surface area contributed by atoms with Crippen LogP contribution in [0.15, 0.2) is 46.4 Å². The zero-order valence-electron chi connectivity index (χ0n) is 27.1. The van der Waals surface area contributed by atoms with E-state index in [2.05, 4.69) is 52.3 Å². The molecule has 0 fully saturated rings. The van der Waals surface area contributed by atoms with Crippen LogP contribution in [0, 0.1) is 20.5 Å². The summed E-state index contributed by atoms with van der Waals surface area (Å²) < 4.78 is 81.4. The maximum absolute atomic E-state index is 12.3. The summed E-state index contributed by atoms with van der Waals surface area (Å²) in [6, 6.07) is 9.99. The second-order valence-corrected chi connectivity index (χ2v) is 13.1. The van der Waals surface area contributed by atoms with E-state index in [-0.39, 0.29) is 28.3 Å². The van der Waals surface area contributed by atoms with Gasteiger partial charge in [-0.15, -0.1) is 20.5 Å². The Hall–Kier alpha value is -2.33. The summed E-state index contributed by atoms with van der Waals surface area (Å²) in [6.45, 7) is 3.80. The van der Waals surface area contributed by atoms with E-state index in [1.807, 2.05) is 0 Å². The Morgan fingerprint density at radius 1 is 0.596 bits per heavy atom. The molecule has 269 valence electrons. The van der Waals surface area contributed by atoms with Gasteiger partial charge in [-0.05, 0) is 12.1 Å². The Kier molecular flexibility index (Phi) is 22.2. The quantitative estimate of drug-likeness (QED) is 0.0932. The summed E-state index contributed by atoms with van der Waals surface area (Å²) in [4.78, 5) is 8.71. The third kappa shape index (κ3) is 29.5. The average molecular weight is 756 g/mol. The number of aliphatic imine (C=N–C) groups is 2. The summed E-state index contributed by atoms with van der Waals surface area (Å²) in [7, 11) is 2.92. The molecule has 0 amide bonds. The molecule has 2 aromatic rings. The molecule has 0 saturated carbocycles. The molecule has 0 aliphatic rings. The van der Waals surface area contributed by atoms with E-state index in [1.165, 1.54) is 12.1 Å². The third-order valence-corrected chi connectivity index (χ3v) is 5.31. The summed E-state index contributed by atoms with van der Waals surface area (Å²) in [5, 5.41) is 24.6. The van der Waals surface area contributed by atoms with E-state index in [0.717, 1.165) is 34.9 Å². The molecule has 0 saturated heterocycles. The molecule has 16 nitrogen and oxygen atoms in total. The molecule has 0 bridgehead atoms. The molecular formula is C28H42Cl2CoN4O12. The van der Waals surface area contributed by atoms with Gasteiger partial charge in [0.1, 0.15) is 11.5 Å². The number of rotatable bonds is 15. The number of ether oxygens (including phenoxy) is 2. The topological polar surface area (TPSA) is 274 Å². The minimum absolute atomic E-state index is 0. The van der Waals surface area contributed by atoms with Crippen molar-refractivity contribution in [2.75, 3.05) is 81.7 Å². The first-order valence-corrected chi connectivity index (χ1v) is 16.1. The SMILES string of the molecule is C[N+](C)(C)CCCOc1cccc([O-])c1C=NCCN=Cc1c([O-])cccc1OCCC[N+](C)(C)C.[Co+2].[O-][Cl+3]([O-])([O-])[O-].[O-][Cl+3]([O-])([O-])[O-]. The van der Waals surface area contributed by atoms with Gasteiger partial charge in [0, 0.05) is 36.4 Å². The molecule has 1 radical (unpaired) electrons. The normalized spacial score (nSPS) is 12.1. The van der Waals surface area contributed by atoms with Gasteiger partial charge in [-0.1, -0.05) is 35.8 Å². The van der Waals surface area contributed by atoms with Gasteiger partial charge < -0.3 is 28.7 Å². The second kappa shape index (κ2) is 22.3. The van der Waals surface area contributed by atoms with Crippen LogP contribution in [0.25, 0.3) is 0 Å². The smallest absolute Gasteiger partial charge is 0.872 e. The van der Waals surface area contributed by atoms with Crippen LogP contribution >= 0.6 is 0 Å². The van der Waals surface area contributed by atoms with Crippen LogP contribution in [0.4, 0.5) is 0 Å². The van der Waals surface area contributed by atoms with Gasteiger partial charge in [0.15, 0.2) is 0 Å². The summed E-state index contributed by atoms with van der Waals surface area (Å²) >= 11 is 0. The second-order valence-electron chi connectivity index (χ2n) is 11.6. The van der Waals surface area contributed by atoms with E-state index in [1.54, 1.807) is 36.7 Å². The molecule has 0 aliphatic heterocycles. The minimum atomic E-state index is -4.94. The predicted molar refractivity (Wildman–Crippen MR) is 143 cm³/mol. The first kappa shape index (κ1) is 46.8. The van der Waals surface area contributed by atoms with E-state index in [9.17, 15) is 10.2 Å². The van der Waals surface area contributed by atoms with Crippen molar-refractivity contribution in [1.82, 2.24) is 0 Å². The van der Waals surface area contributed by atoms with Crippen LogP contribution in [0.5, 0.6) is 23.0 Å². The van der Waals surface area contributed by atoms with Crippen molar-refractivity contribution in [2.24, 2.45) is 9.98 Å². The monoisotopic (exact) mass is 755 g/mol. The zero-order valence-corrected chi connectivity index (χ0v) is 29.6. The van der Waals surface area contributed by atoms with E-state index < -0.39 is 20.5 Å². The van der Waals surface area contributed by atoms with Crippen molar-refractivity contribution < 1.29 is 103 Å². The molecule has 0 unspecified atom stereocenters. The molecule has 0 atom stereocenters. The summed E-state index contributed by atoms with van der Waals surface area (Å²) in [5.41, 5.74) is 0.891. The molecule has 2 rings (SSSR count). The summed E-state index contributed by atoms with van der Waals surface area (Å²) in [5.74, 6) is 0.837. The molecule has 47 heavy (non-hydrogen) atoms. The Bertz CT molecular complexity index is 1110. The van der Waals surface area contributed by atoms with Gasteiger partial charge in [-0.25, -0.2) is 37.3 Å². The van der Waals surface area contributed by atoms with Gasteiger partial charge in [0.05, 0.1) is 81.7 Å². The number of hydrogen-bond acceptors (Lipinski definition) is 14. The van der Waals surface area contributed by atoms with Crippen molar-refractivity contribution in [1.29, 1.82) is 0 Å². The number of quaternary nitrogens is 2. The number of hydrogen-bond donors (Lipinski definition) is 0. The van der Waals surface area contributed by atoms with Crippen LogP contribution in [-0.4, -0.2) is 103 Å². The minimum Gasteiger partial charge on any atom is -0.872 e. The van der Waals surface area contributed by atoms with Gasteiger partial charge in [-0.3, -0.25) is 9.98 Å². The molecular weight excluding hydrogens is 714 g/mol. The van der Waals surface area contributed by atoms with Crippen molar-refractivity contribution in [3.8, 4) is 23.0 Å². The van der Waals surface area contributed by atoms with Crippen molar-refractivity contribution >= 4 is 12.4 Å². The largest absolute Gasteiger partial charge is 2.00 e. The number of halogens is 2. The molecule has 0 aliphatic carbocycles. The third-order valence-electron chi connectivity index (χ3n) is 5.31. The average Bonchev–Trinajstić information content (AvgIpc) is 2.85. The fourth-order valence-corrected chi connectivity index (χ4v) is 3.42. The maximum Gasteiger partial charge on any atom is 2.00 e. The van der Waals surface area contributed by atoms with Crippen LogP contribution < -0.4 is 57.0 Å². The van der Waals surface area contributed by atoms with Crippen LogP contribution in [0.2, 0.25) is 0 Å². The maximum atomic E-state index is 12.3. The first-order valence-electron chi connectivity index (χ1n) is 13.7. The molecule has 2 aromatic carbocycles. The van der Waals surface area contributed by atoms with Gasteiger partial charge in [0.25, 0.3) is 0 Å². The molecule has 0 aromatic heterocycles. The molecule has 19 heteroatoms. The Morgan fingerprint density at radius 2 is 0.894 bits per heavy atom. The van der Waals surface area contributed by atoms with E-state index in [4.69, 9.17) is 46.7 Å². The zero-order chi connectivity index (χ0) is 35.6. The fraction of sp³-hybridized carbons (Fsp3) is 0.500. The Labute approximate surface area is 289 Å². The Balaban J connectivity index is 0. The van der Waals surface area contributed by atoms with Crippen molar-refractivity contribution in [3.05, 3.63) is 47.5 Å². The van der Waals surface area contributed by atoms with Crippen molar-refractivity contribution in [2.45, 2.75) is 12.8 Å². The standard InChI is InChI=1S/C28H42N4O4.2ClHO4.Co/c1-31(2,3)17-9-19-35-27-13-7-11-25(33)23(27)21-29-15-16-30-22-24-26(34)12-8-14-28(24)36-20-10-18-32(4,5)6;2*2-1(3,4)5;/h7-8,11-14,21-22H,9-10,15-20H2,1-6H3;2*(H,2,3,4,5);/q;;;+2/p-2. The fourth-order valence-electron chi connectivity index (χ4n) is 3.42. The van der Waals surface area contributed by atoms with Gasteiger partial charge >= 0.3 is 16.8 Å². The van der Waals surface area contributed by atoms with Crippen molar-refractivity contribution in [3.63, 3.8) is 0 Å². The van der Waals surface area contributed by atoms with Crippen LogP contribution in [0.3, 0.4) is 0 Å². The van der Waals surface area contributed by atoms with Gasteiger partial charge in [0.2, 0.25) is 0 Å². The first-order chi connectivity index (χ1) is 21.0. The molecule has 0 spiro atoms. The van der Waals surface area contributed by atoms with Crippen LogP contribution in [0.1, 0.15) is 24.0 Å². The Morgan fingerprint density at radius 3 is 1.17 bits per heavy atom. The van der Waals surface area contributed by atoms with Crippen LogP contribution in [-0.2, 0) is 16.8 Å². The number of nitrogens with zero attached hydrogens (tertiary/aromatic N) is 4.